The smallest absolute Gasteiger partial charge is 0.410 e. The van der Waals surface area contributed by atoms with E-state index >= 15 is 0 Å². The van der Waals surface area contributed by atoms with Crippen molar-refractivity contribution in [2.45, 2.75) is 63.5 Å². The minimum atomic E-state index is -0.0916. The first-order chi connectivity index (χ1) is 13.7. The van der Waals surface area contributed by atoms with Crippen LogP contribution in [-0.4, -0.2) is 61.3 Å². The van der Waals surface area contributed by atoms with Crippen LogP contribution >= 0.6 is 0 Å². The lowest BCUT2D eigenvalue weighted by molar-refractivity contribution is 0.0508. The summed E-state index contributed by atoms with van der Waals surface area (Å²) in [6.45, 7) is 5.87. The maximum Gasteiger partial charge on any atom is 0.410 e. The third-order valence-electron chi connectivity index (χ3n) is 6.99. The Labute approximate surface area is 169 Å². The number of benzene rings is 1. The summed E-state index contributed by atoms with van der Waals surface area (Å²) in [6, 6.07) is 9.27. The van der Waals surface area contributed by atoms with Crippen LogP contribution in [0.2, 0.25) is 0 Å². The van der Waals surface area contributed by atoms with Gasteiger partial charge in [-0.25, -0.2) is 4.79 Å². The number of ether oxygens (including phenoxy) is 2. The molecule has 3 saturated heterocycles. The molecule has 5 heteroatoms. The molecule has 3 aliphatic heterocycles. The van der Waals surface area contributed by atoms with Crippen LogP contribution in [0.4, 0.5) is 4.79 Å². The van der Waals surface area contributed by atoms with Crippen LogP contribution in [0.1, 0.15) is 56.9 Å². The number of hydrogen-bond acceptors (Lipinski definition) is 4. The van der Waals surface area contributed by atoms with Crippen molar-refractivity contribution in [3.05, 3.63) is 29.8 Å². The van der Waals surface area contributed by atoms with Crippen LogP contribution in [0.25, 0.3) is 0 Å². The number of hydrogen-bond donors (Lipinski definition) is 0. The molecule has 0 saturated carbocycles. The molecular weight excluding hydrogens is 352 g/mol. The number of rotatable bonds is 5. The third-order valence-corrected chi connectivity index (χ3v) is 6.99. The molecule has 0 spiro atoms. The maximum absolute atomic E-state index is 12.3. The lowest BCUT2D eigenvalue weighted by atomic mass is 9.86. The van der Waals surface area contributed by atoms with Crippen molar-refractivity contribution >= 4 is 6.09 Å². The zero-order chi connectivity index (χ0) is 19.5. The Morgan fingerprint density at radius 2 is 1.75 bits per heavy atom. The molecular formula is C23H34N2O3. The average molecular weight is 387 g/mol. The normalized spacial score (nSPS) is 28.4. The molecule has 154 valence electrons. The van der Waals surface area contributed by atoms with E-state index in [-0.39, 0.29) is 6.09 Å². The van der Waals surface area contributed by atoms with Crippen molar-refractivity contribution in [2.75, 3.05) is 33.4 Å². The molecule has 0 N–H and O–H groups in total. The van der Waals surface area contributed by atoms with E-state index in [1.165, 1.54) is 24.9 Å². The van der Waals surface area contributed by atoms with Gasteiger partial charge >= 0.3 is 6.09 Å². The van der Waals surface area contributed by atoms with Gasteiger partial charge in [0.25, 0.3) is 0 Å². The molecule has 1 aromatic rings. The molecule has 3 heterocycles. The van der Waals surface area contributed by atoms with Crippen LogP contribution in [-0.2, 0) is 4.74 Å². The summed E-state index contributed by atoms with van der Waals surface area (Å²) in [5.41, 5.74) is 1.37. The van der Waals surface area contributed by atoms with Crippen molar-refractivity contribution in [3.63, 3.8) is 0 Å². The highest BCUT2D eigenvalue weighted by Gasteiger charge is 2.44. The molecule has 5 nitrogen and oxygen atoms in total. The third kappa shape index (κ3) is 4.00. The van der Waals surface area contributed by atoms with Gasteiger partial charge in [-0.05, 0) is 82.0 Å². The van der Waals surface area contributed by atoms with E-state index in [9.17, 15) is 4.79 Å². The Bertz CT molecular complexity index is 658. The first-order valence-electron chi connectivity index (χ1n) is 11.0. The Hall–Kier alpha value is -1.75. The summed E-state index contributed by atoms with van der Waals surface area (Å²) in [4.78, 5) is 17.0. The quantitative estimate of drug-likeness (QED) is 0.758. The number of nitrogens with zero attached hydrogens (tertiary/aromatic N) is 2. The van der Waals surface area contributed by atoms with Gasteiger partial charge in [-0.1, -0.05) is 18.2 Å². The summed E-state index contributed by atoms with van der Waals surface area (Å²) in [6.07, 6.45) is 6.89. The molecule has 3 fully saturated rings. The molecule has 3 aliphatic rings. The van der Waals surface area contributed by atoms with E-state index in [2.05, 4.69) is 29.2 Å². The van der Waals surface area contributed by atoms with E-state index in [4.69, 9.17) is 9.47 Å². The second-order valence-corrected chi connectivity index (χ2v) is 8.65. The van der Waals surface area contributed by atoms with Crippen LogP contribution in [0.15, 0.2) is 24.3 Å². The Morgan fingerprint density at radius 1 is 1.07 bits per heavy atom. The van der Waals surface area contributed by atoms with E-state index in [1.54, 1.807) is 7.11 Å². The molecule has 1 aromatic carbocycles. The van der Waals surface area contributed by atoms with Crippen molar-refractivity contribution in [2.24, 2.45) is 5.92 Å². The standard InChI is InChI=1S/C23H34N2O3/c1-3-28-23(26)25-19-8-9-20(25)15-17(14-19)16-24-12-10-18(11-13-24)21-6-4-5-7-22(21)27-2/h4-7,17-20H,3,8-16H2,1-2H3. The first-order valence-corrected chi connectivity index (χ1v) is 11.0. The van der Waals surface area contributed by atoms with Crippen LogP contribution < -0.4 is 4.74 Å². The van der Waals surface area contributed by atoms with Crippen molar-refractivity contribution < 1.29 is 14.3 Å². The SMILES string of the molecule is CCOC(=O)N1C2CCC1CC(CN1CCC(c3ccccc3OC)CC1)C2. The average Bonchev–Trinajstić information content (AvgIpc) is 2.99. The fraction of sp³-hybridized carbons (Fsp3) is 0.696. The zero-order valence-electron chi connectivity index (χ0n) is 17.3. The highest BCUT2D eigenvalue weighted by molar-refractivity contribution is 5.69. The second-order valence-electron chi connectivity index (χ2n) is 8.65. The highest BCUT2D eigenvalue weighted by Crippen LogP contribution is 2.40. The van der Waals surface area contributed by atoms with E-state index in [0.717, 1.165) is 44.5 Å². The summed E-state index contributed by atoms with van der Waals surface area (Å²) in [5.74, 6) is 2.35. The number of fused-ring (bicyclic) bond motifs is 2. The number of carbonyl (C=O) groups is 1. The lowest BCUT2D eigenvalue weighted by Gasteiger charge is -2.41. The van der Waals surface area contributed by atoms with Gasteiger partial charge in [0, 0.05) is 18.6 Å². The van der Waals surface area contributed by atoms with Crippen LogP contribution in [0, 0.1) is 5.92 Å². The first kappa shape index (κ1) is 19.6. The van der Waals surface area contributed by atoms with Gasteiger partial charge in [-0.3, -0.25) is 0 Å². The number of carbonyl (C=O) groups excluding carboxylic acids is 1. The number of methoxy groups -OCH3 is 1. The lowest BCUT2D eigenvalue weighted by Crippen LogP contribution is -2.49. The van der Waals surface area contributed by atoms with Gasteiger partial charge < -0.3 is 19.3 Å². The number of para-hydroxylation sites is 1. The second kappa shape index (κ2) is 8.73. The molecule has 2 atom stereocenters. The highest BCUT2D eigenvalue weighted by atomic mass is 16.6. The maximum atomic E-state index is 12.3. The van der Waals surface area contributed by atoms with Crippen molar-refractivity contribution in [1.82, 2.24) is 9.80 Å². The molecule has 2 bridgehead atoms. The van der Waals surface area contributed by atoms with E-state index < -0.39 is 0 Å². The van der Waals surface area contributed by atoms with Gasteiger partial charge in [0.1, 0.15) is 5.75 Å². The Morgan fingerprint density at radius 3 is 2.39 bits per heavy atom. The molecule has 1 amide bonds. The van der Waals surface area contributed by atoms with Gasteiger partial charge in [0.05, 0.1) is 13.7 Å². The fourth-order valence-corrected chi connectivity index (χ4v) is 5.73. The summed E-state index contributed by atoms with van der Waals surface area (Å²) in [7, 11) is 1.77. The molecule has 28 heavy (non-hydrogen) atoms. The minimum Gasteiger partial charge on any atom is -0.496 e. The van der Waals surface area contributed by atoms with E-state index in [1.807, 2.05) is 11.8 Å². The monoisotopic (exact) mass is 386 g/mol. The topological polar surface area (TPSA) is 42.0 Å². The van der Waals surface area contributed by atoms with Crippen molar-refractivity contribution in [3.8, 4) is 5.75 Å². The van der Waals surface area contributed by atoms with Gasteiger partial charge in [-0.2, -0.15) is 0 Å². The summed E-state index contributed by atoms with van der Waals surface area (Å²) < 4.78 is 10.9. The largest absolute Gasteiger partial charge is 0.496 e. The summed E-state index contributed by atoms with van der Waals surface area (Å²) >= 11 is 0. The molecule has 4 rings (SSSR count). The van der Waals surface area contributed by atoms with Crippen molar-refractivity contribution in [1.29, 1.82) is 0 Å². The predicted octanol–water partition coefficient (Wildman–Crippen LogP) is 4.27. The summed E-state index contributed by atoms with van der Waals surface area (Å²) in [5, 5.41) is 0. The van der Waals surface area contributed by atoms with Crippen LogP contribution in [0.3, 0.4) is 0 Å². The Kier molecular flexibility index (Phi) is 6.10. The molecule has 0 aliphatic carbocycles. The van der Waals surface area contributed by atoms with Gasteiger partial charge in [0.2, 0.25) is 0 Å². The van der Waals surface area contributed by atoms with E-state index in [0.29, 0.717) is 30.5 Å². The predicted molar refractivity (Wildman–Crippen MR) is 110 cm³/mol. The number of amides is 1. The fourth-order valence-electron chi connectivity index (χ4n) is 5.73. The van der Waals surface area contributed by atoms with Crippen LogP contribution in [0.5, 0.6) is 5.75 Å². The molecule has 2 unspecified atom stereocenters. The number of likely N-dealkylation sites (tertiary alicyclic amines) is 1. The minimum absolute atomic E-state index is 0.0916. The number of piperidine rings is 2. The Balaban J connectivity index is 1.29. The zero-order valence-corrected chi connectivity index (χ0v) is 17.3. The van der Waals surface area contributed by atoms with Gasteiger partial charge in [-0.15, -0.1) is 0 Å². The molecule has 0 aromatic heterocycles. The molecule has 0 radical (unpaired) electrons. The van der Waals surface area contributed by atoms with Gasteiger partial charge in [0.15, 0.2) is 0 Å².